The minimum absolute atomic E-state index is 0.350. The summed E-state index contributed by atoms with van der Waals surface area (Å²) in [5, 5.41) is 10.1. The lowest BCUT2D eigenvalue weighted by Crippen LogP contribution is -2.36. The Labute approximate surface area is 122 Å². The molecule has 0 aliphatic carbocycles. The topological polar surface area (TPSA) is 32.7 Å². The molecule has 2 rings (SSSR count). The fourth-order valence-corrected chi connectivity index (χ4v) is 2.54. The van der Waals surface area contributed by atoms with Gasteiger partial charge in [0.2, 0.25) is 0 Å². The average Bonchev–Trinajstić information content (AvgIpc) is 2.41. The zero-order valence-electron chi connectivity index (χ0n) is 13.0. The zero-order chi connectivity index (χ0) is 14.6. The molecule has 1 aromatic carbocycles. The average molecular weight is 277 g/mol. The SMILES string of the molecule is CCCOc1ccc(CN2CCC(C)(C)CC2)c(O)c1. The number of nitrogens with zero attached hydrogens (tertiary/aromatic N) is 1. The number of piperidine rings is 1. The van der Waals surface area contributed by atoms with Crippen LogP contribution in [0, 0.1) is 5.41 Å². The number of hydrogen-bond acceptors (Lipinski definition) is 3. The Balaban J connectivity index is 1.93. The van der Waals surface area contributed by atoms with Crippen molar-refractivity contribution in [1.29, 1.82) is 0 Å². The molecule has 0 bridgehead atoms. The number of phenols is 1. The lowest BCUT2D eigenvalue weighted by Gasteiger charge is -2.37. The van der Waals surface area contributed by atoms with Crippen LogP contribution in [0.4, 0.5) is 0 Å². The highest BCUT2D eigenvalue weighted by Gasteiger charge is 2.25. The van der Waals surface area contributed by atoms with Gasteiger partial charge >= 0.3 is 0 Å². The number of rotatable bonds is 5. The summed E-state index contributed by atoms with van der Waals surface area (Å²) < 4.78 is 5.53. The van der Waals surface area contributed by atoms with E-state index in [2.05, 4.69) is 25.7 Å². The van der Waals surface area contributed by atoms with Crippen LogP contribution in [0.5, 0.6) is 11.5 Å². The lowest BCUT2D eigenvalue weighted by atomic mass is 9.82. The summed E-state index contributed by atoms with van der Waals surface area (Å²) in [4.78, 5) is 2.42. The van der Waals surface area contributed by atoms with E-state index in [-0.39, 0.29) is 0 Å². The molecule has 112 valence electrons. The van der Waals surface area contributed by atoms with E-state index in [1.54, 1.807) is 6.07 Å². The second-order valence-corrected chi connectivity index (χ2v) is 6.58. The third-order valence-electron chi connectivity index (χ3n) is 4.13. The normalized spacial score (nSPS) is 18.9. The van der Waals surface area contributed by atoms with Crippen molar-refractivity contribution >= 4 is 0 Å². The molecule has 0 amide bonds. The van der Waals surface area contributed by atoms with Gasteiger partial charge in [0.1, 0.15) is 11.5 Å². The quantitative estimate of drug-likeness (QED) is 0.888. The number of ether oxygens (including phenoxy) is 1. The van der Waals surface area contributed by atoms with Crippen molar-refractivity contribution in [3.05, 3.63) is 23.8 Å². The van der Waals surface area contributed by atoms with Crippen LogP contribution < -0.4 is 4.74 Å². The van der Waals surface area contributed by atoms with Crippen LogP contribution >= 0.6 is 0 Å². The molecule has 0 aromatic heterocycles. The van der Waals surface area contributed by atoms with Crippen molar-refractivity contribution in [3.8, 4) is 11.5 Å². The lowest BCUT2D eigenvalue weighted by molar-refractivity contribution is 0.126. The third kappa shape index (κ3) is 4.14. The molecule has 1 saturated heterocycles. The summed E-state index contributed by atoms with van der Waals surface area (Å²) in [6.45, 7) is 10.5. The summed E-state index contributed by atoms with van der Waals surface area (Å²) in [6.07, 6.45) is 3.43. The van der Waals surface area contributed by atoms with Gasteiger partial charge in [0.25, 0.3) is 0 Å². The minimum atomic E-state index is 0.350. The Hall–Kier alpha value is -1.22. The Morgan fingerprint density at radius 2 is 1.95 bits per heavy atom. The fraction of sp³-hybridized carbons (Fsp3) is 0.647. The molecule has 3 heteroatoms. The van der Waals surface area contributed by atoms with Crippen LogP contribution in [0.15, 0.2) is 18.2 Å². The summed E-state index contributed by atoms with van der Waals surface area (Å²) in [5.41, 5.74) is 1.46. The Kier molecular flexibility index (Phi) is 4.92. The van der Waals surface area contributed by atoms with Crippen LogP contribution in [-0.2, 0) is 6.54 Å². The zero-order valence-corrected chi connectivity index (χ0v) is 13.0. The largest absolute Gasteiger partial charge is 0.507 e. The Morgan fingerprint density at radius 1 is 1.25 bits per heavy atom. The van der Waals surface area contributed by atoms with E-state index in [1.807, 2.05) is 12.1 Å². The molecular formula is C17H27NO2. The van der Waals surface area contributed by atoms with Gasteiger partial charge in [-0.2, -0.15) is 0 Å². The first-order chi connectivity index (χ1) is 9.50. The van der Waals surface area contributed by atoms with Crippen molar-refractivity contribution in [2.45, 2.75) is 46.6 Å². The van der Waals surface area contributed by atoms with E-state index in [9.17, 15) is 5.11 Å². The molecule has 1 aliphatic rings. The van der Waals surface area contributed by atoms with Gasteiger partial charge < -0.3 is 9.84 Å². The predicted molar refractivity (Wildman–Crippen MR) is 82.2 cm³/mol. The number of aromatic hydroxyl groups is 1. The standard InChI is InChI=1S/C17H27NO2/c1-4-11-20-15-6-5-14(16(19)12-15)13-18-9-7-17(2,3)8-10-18/h5-6,12,19H,4,7-11,13H2,1-3H3. The highest BCUT2D eigenvalue weighted by atomic mass is 16.5. The molecule has 1 heterocycles. The number of likely N-dealkylation sites (tertiary alicyclic amines) is 1. The first kappa shape index (κ1) is 15.2. The van der Waals surface area contributed by atoms with E-state index in [0.717, 1.165) is 37.4 Å². The highest BCUT2D eigenvalue weighted by Crippen LogP contribution is 2.32. The maximum Gasteiger partial charge on any atom is 0.123 e. The van der Waals surface area contributed by atoms with E-state index < -0.39 is 0 Å². The molecule has 1 aliphatic heterocycles. The van der Waals surface area contributed by atoms with Crippen molar-refractivity contribution in [1.82, 2.24) is 4.90 Å². The maximum absolute atomic E-state index is 10.1. The van der Waals surface area contributed by atoms with Gasteiger partial charge in [-0.25, -0.2) is 0 Å². The summed E-state index contributed by atoms with van der Waals surface area (Å²) in [6, 6.07) is 5.68. The second kappa shape index (κ2) is 6.49. The fourth-order valence-electron chi connectivity index (χ4n) is 2.54. The van der Waals surface area contributed by atoms with Gasteiger partial charge in [0, 0.05) is 18.2 Å². The van der Waals surface area contributed by atoms with Crippen LogP contribution in [-0.4, -0.2) is 29.7 Å². The molecule has 1 fully saturated rings. The van der Waals surface area contributed by atoms with Crippen molar-refractivity contribution < 1.29 is 9.84 Å². The molecule has 20 heavy (non-hydrogen) atoms. The van der Waals surface area contributed by atoms with Gasteiger partial charge in [-0.1, -0.05) is 26.8 Å². The van der Waals surface area contributed by atoms with Crippen molar-refractivity contribution in [3.63, 3.8) is 0 Å². The van der Waals surface area contributed by atoms with Gasteiger partial charge in [0.05, 0.1) is 6.61 Å². The minimum Gasteiger partial charge on any atom is -0.507 e. The predicted octanol–water partition coefficient (Wildman–Crippen LogP) is 3.80. The highest BCUT2D eigenvalue weighted by molar-refractivity contribution is 5.39. The van der Waals surface area contributed by atoms with E-state index in [1.165, 1.54) is 12.8 Å². The van der Waals surface area contributed by atoms with Crippen molar-refractivity contribution in [2.24, 2.45) is 5.41 Å². The Bertz CT molecular complexity index is 433. The third-order valence-corrected chi connectivity index (χ3v) is 4.13. The van der Waals surface area contributed by atoms with Gasteiger partial charge in [-0.05, 0) is 43.8 Å². The second-order valence-electron chi connectivity index (χ2n) is 6.58. The van der Waals surface area contributed by atoms with E-state index in [4.69, 9.17) is 4.74 Å². The summed E-state index contributed by atoms with van der Waals surface area (Å²) >= 11 is 0. The molecule has 1 aromatic rings. The van der Waals surface area contributed by atoms with Crippen LogP contribution in [0.3, 0.4) is 0 Å². The van der Waals surface area contributed by atoms with Crippen LogP contribution in [0.2, 0.25) is 0 Å². The first-order valence-corrected chi connectivity index (χ1v) is 7.67. The number of phenolic OH excluding ortho intramolecular Hbond substituents is 1. The summed E-state index contributed by atoms with van der Waals surface area (Å²) in [5.74, 6) is 1.11. The molecule has 0 saturated carbocycles. The summed E-state index contributed by atoms with van der Waals surface area (Å²) in [7, 11) is 0. The van der Waals surface area contributed by atoms with Gasteiger partial charge in [-0.3, -0.25) is 4.90 Å². The molecule has 1 N–H and O–H groups in total. The Morgan fingerprint density at radius 3 is 2.55 bits per heavy atom. The van der Waals surface area contributed by atoms with Crippen molar-refractivity contribution in [2.75, 3.05) is 19.7 Å². The number of benzene rings is 1. The van der Waals surface area contributed by atoms with Crippen LogP contribution in [0.1, 0.15) is 45.6 Å². The maximum atomic E-state index is 10.1. The van der Waals surface area contributed by atoms with Crippen LogP contribution in [0.25, 0.3) is 0 Å². The van der Waals surface area contributed by atoms with E-state index >= 15 is 0 Å². The monoisotopic (exact) mass is 277 g/mol. The molecular weight excluding hydrogens is 250 g/mol. The van der Waals surface area contributed by atoms with E-state index in [0.29, 0.717) is 17.8 Å². The molecule has 0 spiro atoms. The van der Waals surface area contributed by atoms with Gasteiger partial charge in [0.15, 0.2) is 0 Å². The van der Waals surface area contributed by atoms with Gasteiger partial charge in [-0.15, -0.1) is 0 Å². The molecule has 0 radical (unpaired) electrons. The molecule has 0 atom stereocenters. The molecule has 3 nitrogen and oxygen atoms in total. The first-order valence-electron chi connectivity index (χ1n) is 7.67. The number of hydrogen-bond donors (Lipinski definition) is 1. The smallest absolute Gasteiger partial charge is 0.123 e. The molecule has 0 unspecified atom stereocenters.